The maximum absolute atomic E-state index is 12.2. The van der Waals surface area contributed by atoms with E-state index in [1.165, 1.54) is 0 Å². The van der Waals surface area contributed by atoms with Crippen LogP contribution in [0.5, 0.6) is 0 Å². The number of carbonyl (C=O) groups excluding carboxylic acids is 1. The Balaban J connectivity index is 2.48. The second-order valence-corrected chi connectivity index (χ2v) is 5.13. The van der Waals surface area contributed by atoms with E-state index in [-0.39, 0.29) is 5.97 Å². The number of thiocarbonyl (C=S) groups is 1. The fourth-order valence-electron chi connectivity index (χ4n) is 2.12. The Morgan fingerprint density at radius 2 is 2.15 bits per heavy atom. The van der Waals surface area contributed by atoms with Crippen LogP contribution < -0.4 is 10.6 Å². The first-order chi connectivity index (χ1) is 9.54. The Bertz CT molecular complexity index is 586. The molecule has 4 nitrogen and oxygen atoms in total. The Labute approximate surface area is 128 Å². The van der Waals surface area contributed by atoms with E-state index < -0.39 is 6.04 Å². The third-order valence-electron chi connectivity index (χ3n) is 2.98. The van der Waals surface area contributed by atoms with Crippen molar-refractivity contribution in [1.29, 1.82) is 0 Å². The predicted octanol–water partition coefficient (Wildman–Crippen LogP) is 2.70. The lowest BCUT2D eigenvalue weighted by Gasteiger charge is -2.30. The summed E-state index contributed by atoms with van der Waals surface area (Å²) in [4.78, 5) is 12.2. The molecule has 1 aromatic carbocycles. The number of hydrogen-bond donors (Lipinski definition) is 2. The van der Waals surface area contributed by atoms with E-state index in [9.17, 15) is 4.79 Å². The molecule has 0 radical (unpaired) electrons. The fraction of sp³-hybridized carbons (Fsp3) is 0.286. The molecule has 0 fully saturated rings. The van der Waals surface area contributed by atoms with Crippen LogP contribution >= 0.6 is 23.8 Å². The molecule has 0 amide bonds. The van der Waals surface area contributed by atoms with Crippen LogP contribution in [0.25, 0.3) is 0 Å². The topological polar surface area (TPSA) is 50.4 Å². The smallest absolute Gasteiger partial charge is 0.338 e. The molecule has 1 aromatic rings. The molecule has 1 heterocycles. The summed E-state index contributed by atoms with van der Waals surface area (Å²) >= 11 is 11.4. The highest BCUT2D eigenvalue weighted by atomic mass is 35.5. The molecule has 0 bridgehead atoms. The average Bonchev–Trinajstić information content (AvgIpc) is 2.38. The highest BCUT2D eigenvalue weighted by Gasteiger charge is 2.31. The zero-order valence-electron chi connectivity index (χ0n) is 11.2. The van der Waals surface area contributed by atoms with Gasteiger partial charge < -0.3 is 15.4 Å². The minimum absolute atomic E-state index is 0.315. The van der Waals surface area contributed by atoms with Crippen LogP contribution in [0.1, 0.15) is 25.5 Å². The lowest BCUT2D eigenvalue weighted by Crippen LogP contribution is -2.45. The third kappa shape index (κ3) is 2.94. The molecule has 0 unspecified atom stereocenters. The number of carbonyl (C=O) groups is 1. The molecule has 1 atom stereocenters. The van der Waals surface area contributed by atoms with Gasteiger partial charge in [0.1, 0.15) is 0 Å². The largest absolute Gasteiger partial charge is 0.463 e. The lowest BCUT2D eigenvalue weighted by molar-refractivity contribution is -0.139. The molecule has 0 spiro atoms. The van der Waals surface area contributed by atoms with Crippen molar-refractivity contribution in [3.05, 3.63) is 46.1 Å². The molecule has 0 aromatic heterocycles. The number of ether oxygens (including phenoxy) is 1. The van der Waals surface area contributed by atoms with Gasteiger partial charge >= 0.3 is 5.97 Å². The quantitative estimate of drug-likeness (QED) is 0.664. The lowest BCUT2D eigenvalue weighted by atomic mass is 9.95. The molecule has 1 aliphatic rings. The summed E-state index contributed by atoms with van der Waals surface area (Å²) in [7, 11) is 0. The number of halogens is 1. The SMILES string of the molecule is CCOC(=O)C1=C(C)NC(=S)N[C@H]1c1ccccc1Cl. The van der Waals surface area contributed by atoms with Gasteiger partial charge in [0.25, 0.3) is 0 Å². The fourth-order valence-corrected chi connectivity index (χ4v) is 2.63. The summed E-state index contributed by atoms with van der Waals surface area (Å²) < 4.78 is 5.12. The van der Waals surface area contributed by atoms with E-state index in [4.69, 9.17) is 28.6 Å². The number of allylic oxidation sites excluding steroid dienone is 1. The van der Waals surface area contributed by atoms with Gasteiger partial charge in [-0.2, -0.15) is 0 Å². The zero-order chi connectivity index (χ0) is 14.7. The van der Waals surface area contributed by atoms with E-state index >= 15 is 0 Å². The molecule has 2 N–H and O–H groups in total. The van der Waals surface area contributed by atoms with E-state index in [0.29, 0.717) is 28.0 Å². The van der Waals surface area contributed by atoms with E-state index in [2.05, 4.69) is 10.6 Å². The van der Waals surface area contributed by atoms with Crippen molar-refractivity contribution in [3.8, 4) is 0 Å². The first-order valence-corrected chi connectivity index (χ1v) is 7.03. The standard InChI is InChI=1S/C14H15ClN2O2S/c1-3-19-13(18)11-8(2)16-14(20)17-12(11)9-6-4-5-7-10(9)15/h4-7,12H,3H2,1-2H3,(H2,16,17,20)/t12-/m0/s1. The van der Waals surface area contributed by atoms with Crippen LogP contribution in [0.2, 0.25) is 5.02 Å². The van der Waals surface area contributed by atoms with E-state index in [1.54, 1.807) is 19.9 Å². The van der Waals surface area contributed by atoms with Gasteiger partial charge in [0.05, 0.1) is 18.2 Å². The molecular formula is C14H15ClN2O2S. The van der Waals surface area contributed by atoms with Crippen molar-refractivity contribution in [3.63, 3.8) is 0 Å². The van der Waals surface area contributed by atoms with Gasteiger partial charge in [0, 0.05) is 10.7 Å². The van der Waals surface area contributed by atoms with Crippen molar-refractivity contribution in [2.75, 3.05) is 6.61 Å². The van der Waals surface area contributed by atoms with Gasteiger partial charge in [-0.1, -0.05) is 29.8 Å². The normalized spacial score (nSPS) is 18.4. The number of esters is 1. The van der Waals surface area contributed by atoms with Gasteiger partial charge in [-0.3, -0.25) is 0 Å². The third-order valence-corrected chi connectivity index (χ3v) is 3.54. The second kappa shape index (κ2) is 6.24. The van der Waals surface area contributed by atoms with E-state index in [0.717, 1.165) is 5.56 Å². The first-order valence-electron chi connectivity index (χ1n) is 6.24. The monoisotopic (exact) mass is 310 g/mol. The Morgan fingerprint density at radius 1 is 1.45 bits per heavy atom. The second-order valence-electron chi connectivity index (χ2n) is 4.31. The molecule has 0 saturated carbocycles. The molecule has 2 rings (SSSR count). The molecular weight excluding hydrogens is 296 g/mol. The van der Waals surface area contributed by atoms with Crippen LogP contribution in [-0.2, 0) is 9.53 Å². The number of nitrogens with one attached hydrogen (secondary N) is 2. The number of rotatable bonds is 3. The Hall–Kier alpha value is -1.59. The van der Waals surface area contributed by atoms with Crippen LogP contribution in [0.15, 0.2) is 35.5 Å². The van der Waals surface area contributed by atoms with Gasteiger partial charge in [0.15, 0.2) is 5.11 Å². The summed E-state index contributed by atoms with van der Waals surface area (Å²) in [6, 6.07) is 6.94. The van der Waals surface area contributed by atoms with Gasteiger partial charge in [-0.15, -0.1) is 0 Å². The van der Waals surface area contributed by atoms with Gasteiger partial charge in [-0.25, -0.2) is 4.79 Å². The maximum atomic E-state index is 12.2. The maximum Gasteiger partial charge on any atom is 0.338 e. The van der Waals surface area contributed by atoms with Crippen LogP contribution in [0.3, 0.4) is 0 Å². The van der Waals surface area contributed by atoms with Crippen molar-refractivity contribution < 1.29 is 9.53 Å². The average molecular weight is 311 g/mol. The molecule has 1 aliphatic heterocycles. The van der Waals surface area contributed by atoms with Crippen LogP contribution in [0, 0.1) is 0 Å². The summed E-state index contributed by atoms with van der Waals surface area (Å²) in [6.07, 6.45) is 0. The summed E-state index contributed by atoms with van der Waals surface area (Å²) in [5.41, 5.74) is 1.96. The highest BCUT2D eigenvalue weighted by molar-refractivity contribution is 7.80. The number of benzene rings is 1. The molecule has 20 heavy (non-hydrogen) atoms. The minimum atomic E-state index is -0.406. The van der Waals surface area contributed by atoms with Crippen molar-refractivity contribution in [2.45, 2.75) is 19.9 Å². The first kappa shape index (κ1) is 14.8. The van der Waals surface area contributed by atoms with Crippen LogP contribution in [0.4, 0.5) is 0 Å². The summed E-state index contributed by atoms with van der Waals surface area (Å²) in [5, 5.41) is 7.05. The Morgan fingerprint density at radius 3 is 2.80 bits per heavy atom. The Kier molecular flexibility index (Phi) is 4.62. The zero-order valence-corrected chi connectivity index (χ0v) is 12.8. The van der Waals surface area contributed by atoms with Crippen molar-refractivity contribution in [1.82, 2.24) is 10.6 Å². The molecule has 6 heteroatoms. The molecule has 0 aliphatic carbocycles. The van der Waals surface area contributed by atoms with Gasteiger partial charge in [-0.05, 0) is 37.7 Å². The molecule has 0 saturated heterocycles. The van der Waals surface area contributed by atoms with Gasteiger partial charge in [0.2, 0.25) is 0 Å². The van der Waals surface area contributed by atoms with Crippen molar-refractivity contribution >= 4 is 34.9 Å². The predicted molar refractivity (Wildman–Crippen MR) is 82.4 cm³/mol. The number of hydrogen-bond acceptors (Lipinski definition) is 3. The highest BCUT2D eigenvalue weighted by Crippen LogP contribution is 2.31. The summed E-state index contributed by atoms with van der Waals surface area (Å²) in [6.45, 7) is 3.88. The van der Waals surface area contributed by atoms with Crippen molar-refractivity contribution in [2.24, 2.45) is 0 Å². The molecule has 106 valence electrons. The summed E-state index contributed by atoms with van der Waals surface area (Å²) in [5.74, 6) is -0.377. The van der Waals surface area contributed by atoms with Crippen LogP contribution in [-0.4, -0.2) is 17.7 Å². The minimum Gasteiger partial charge on any atom is -0.463 e. The van der Waals surface area contributed by atoms with E-state index in [1.807, 2.05) is 18.2 Å².